The molecular weight excluding hydrogens is 548 g/mol. The highest BCUT2D eigenvalue weighted by molar-refractivity contribution is 5.76. The van der Waals surface area contributed by atoms with Crippen LogP contribution < -0.4 is 4.74 Å². The summed E-state index contributed by atoms with van der Waals surface area (Å²) in [6, 6.07) is 31.7. The topological polar surface area (TPSA) is 65.0 Å². The molecule has 0 aliphatic heterocycles. The van der Waals surface area contributed by atoms with Crippen molar-refractivity contribution in [3.8, 4) is 5.75 Å². The van der Waals surface area contributed by atoms with Crippen LogP contribution in [-0.2, 0) is 40.0 Å². The molecule has 0 radical (unpaired) electrons. The Kier molecular flexibility index (Phi) is 11.0. The minimum absolute atomic E-state index is 0.208. The maximum Gasteiger partial charge on any atom is 0.333 e. The highest BCUT2D eigenvalue weighted by Gasteiger charge is 2.23. The molecule has 228 valence electrons. The molecule has 0 amide bonds. The SMILES string of the molecule is CCCc1ccc2c(c1)C=Cc1ccc(CCc3ccccc3)cc1C2OCCOc1ccc(CC(OCC)C(=O)O)cc1. The first-order valence-electron chi connectivity index (χ1n) is 15.7. The highest BCUT2D eigenvalue weighted by atomic mass is 16.5. The van der Waals surface area contributed by atoms with Crippen molar-refractivity contribution in [1.82, 2.24) is 0 Å². The largest absolute Gasteiger partial charge is 0.491 e. The Morgan fingerprint density at radius 3 is 2.18 bits per heavy atom. The molecule has 0 aromatic heterocycles. The zero-order valence-corrected chi connectivity index (χ0v) is 25.7. The van der Waals surface area contributed by atoms with E-state index in [0.29, 0.717) is 26.2 Å². The lowest BCUT2D eigenvalue weighted by Crippen LogP contribution is -2.26. The van der Waals surface area contributed by atoms with E-state index in [1.54, 1.807) is 6.92 Å². The van der Waals surface area contributed by atoms with Crippen LogP contribution in [0.3, 0.4) is 0 Å². The van der Waals surface area contributed by atoms with E-state index < -0.39 is 12.1 Å². The highest BCUT2D eigenvalue weighted by Crippen LogP contribution is 2.37. The number of rotatable bonds is 15. The third kappa shape index (κ3) is 8.25. The second kappa shape index (κ2) is 15.5. The number of carboxylic acid groups (broad SMARTS) is 1. The molecule has 5 rings (SSSR count). The van der Waals surface area contributed by atoms with Crippen molar-refractivity contribution in [2.45, 2.75) is 58.2 Å². The number of benzene rings is 4. The number of hydrogen-bond acceptors (Lipinski definition) is 4. The van der Waals surface area contributed by atoms with E-state index in [4.69, 9.17) is 14.2 Å². The van der Waals surface area contributed by atoms with Gasteiger partial charge in [-0.1, -0.05) is 104 Å². The average molecular weight is 591 g/mol. The van der Waals surface area contributed by atoms with Crippen LogP contribution in [0.2, 0.25) is 0 Å². The lowest BCUT2D eigenvalue weighted by Gasteiger charge is -2.22. The minimum atomic E-state index is -0.953. The molecular formula is C39H42O5. The van der Waals surface area contributed by atoms with Gasteiger partial charge in [0.05, 0.1) is 6.61 Å². The predicted molar refractivity (Wildman–Crippen MR) is 176 cm³/mol. The van der Waals surface area contributed by atoms with Gasteiger partial charge in [0.25, 0.3) is 0 Å². The van der Waals surface area contributed by atoms with Gasteiger partial charge in [0.1, 0.15) is 18.5 Å². The normalized spacial score (nSPS) is 14.4. The number of carboxylic acids is 1. The Labute approximate surface area is 261 Å². The number of hydrogen-bond donors (Lipinski definition) is 1. The van der Waals surface area contributed by atoms with Crippen LogP contribution in [0, 0.1) is 0 Å². The summed E-state index contributed by atoms with van der Waals surface area (Å²) in [4.78, 5) is 11.4. The lowest BCUT2D eigenvalue weighted by atomic mass is 9.92. The van der Waals surface area contributed by atoms with Crippen molar-refractivity contribution in [3.05, 3.63) is 136 Å². The summed E-state index contributed by atoms with van der Waals surface area (Å²) in [5, 5.41) is 9.37. The van der Waals surface area contributed by atoms with E-state index in [1.807, 2.05) is 24.3 Å². The van der Waals surface area contributed by atoms with E-state index in [0.717, 1.165) is 37.0 Å². The molecule has 0 spiro atoms. The molecule has 1 aliphatic carbocycles. The fourth-order valence-electron chi connectivity index (χ4n) is 5.75. The van der Waals surface area contributed by atoms with Crippen LogP contribution in [-0.4, -0.2) is 37.0 Å². The molecule has 0 saturated heterocycles. The van der Waals surface area contributed by atoms with Crippen LogP contribution in [0.5, 0.6) is 5.75 Å². The van der Waals surface area contributed by atoms with Crippen molar-refractivity contribution in [1.29, 1.82) is 0 Å². The lowest BCUT2D eigenvalue weighted by molar-refractivity contribution is -0.149. The summed E-state index contributed by atoms with van der Waals surface area (Å²) < 4.78 is 18.0. The van der Waals surface area contributed by atoms with E-state index in [9.17, 15) is 9.90 Å². The minimum Gasteiger partial charge on any atom is -0.491 e. The molecule has 0 heterocycles. The van der Waals surface area contributed by atoms with Crippen molar-refractivity contribution < 1.29 is 24.1 Å². The second-order valence-corrected chi connectivity index (χ2v) is 11.2. The molecule has 1 aliphatic rings. The van der Waals surface area contributed by atoms with Gasteiger partial charge < -0.3 is 19.3 Å². The summed E-state index contributed by atoms with van der Waals surface area (Å²) in [7, 11) is 0. The molecule has 0 bridgehead atoms. The standard InChI is InChI=1S/C39H42O5/c1-3-8-29-16-22-35-33(25-29)19-18-32-17-13-30(12-11-28-9-6-5-7-10-28)26-36(32)38(35)44-24-23-43-34-20-14-31(15-21-34)27-37(39(40)41)42-4-2/h5-7,9-10,13-22,25-26,37-38H,3-4,8,11-12,23-24,27H2,1-2H3,(H,40,41). The maximum atomic E-state index is 11.4. The van der Waals surface area contributed by atoms with Crippen LogP contribution in [0.1, 0.15) is 70.9 Å². The monoisotopic (exact) mass is 590 g/mol. The first-order chi connectivity index (χ1) is 21.5. The summed E-state index contributed by atoms with van der Waals surface area (Å²) in [5.74, 6) is -0.234. The van der Waals surface area contributed by atoms with Crippen molar-refractivity contribution in [3.63, 3.8) is 0 Å². The summed E-state index contributed by atoms with van der Waals surface area (Å²) in [5.41, 5.74) is 9.59. The van der Waals surface area contributed by atoms with Gasteiger partial charge in [-0.2, -0.15) is 0 Å². The van der Waals surface area contributed by atoms with E-state index in [1.165, 1.54) is 38.9 Å². The van der Waals surface area contributed by atoms with Crippen LogP contribution in [0.4, 0.5) is 0 Å². The maximum absolute atomic E-state index is 11.4. The average Bonchev–Trinajstić information content (AvgIpc) is 3.19. The van der Waals surface area contributed by atoms with Crippen LogP contribution in [0.25, 0.3) is 12.2 Å². The zero-order valence-electron chi connectivity index (χ0n) is 25.7. The van der Waals surface area contributed by atoms with Crippen LogP contribution >= 0.6 is 0 Å². The molecule has 4 aromatic carbocycles. The number of ether oxygens (including phenoxy) is 3. The Hall–Kier alpha value is -4.19. The molecule has 4 aromatic rings. The van der Waals surface area contributed by atoms with Crippen LogP contribution in [0.15, 0.2) is 91.0 Å². The summed E-state index contributed by atoms with van der Waals surface area (Å²) in [6.07, 6.45) is 7.81. The van der Waals surface area contributed by atoms with Gasteiger partial charge in [-0.3, -0.25) is 0 Å². The first kappa shape index (κ1) is 31.2. The summed E-state index contributed by atoms with van der Waals surface area (Å²) in [6.45, 7) is 5.18. The van der Waals surface area contributed by atoms with Crippen molar-refractivity contribution >= 4 is 18.1 Å². The van der Waals surface area contributed by atoms with Gasteiger partial charge in [-0.25, -0.2) is 4.79 Å². The van der Waals surface area contributed by atoms with Gasteiger partial charge in [0, 0.05) is 13.0 Å². The molecule has 0 saturated carbocycles. The van der Waals surface area contributed by atoms with Crippen molar-refractivity contribution in [2.24, 2.45) is 0 Å². The molecule has 2 atom stereocenters. The number of carbonyl (C=O) groups is 1. The molecule has 2 unspecified atom stereocenters. The molecule has 5 heteroatoms. The van der Waals surface area contributed by atoms with Gasteiger partial charge in [0.2, 0.25) is 0 Å². The molecule has 1 N–H and O–H groups in total. The third-order valence-electron chi connectivity index (χ3n) is 8.02. The first-order valence-corrected chi connectivity index (χ1v) is 15.7. The zero-order chi connectivity index (χ0) is 30.7. The molecule has 44 heavy (non-hydrogen) atoms. The molecule has 5 nitrogen and oxygen atoms in total. The van der Waals surface area contributed by atoms with Gasteiger partial charge in [-0.15, -0.1) is 0 Å². The van der Waals surface area contributed by atoms with E-state index in [2.05, 4.69) is 85.8 Å². The Morgan fingerprint density at radius 2 is 1.43 bits per heavy atom. The van der Waals surface area contributed by atoms with E-state index >= 15 is 0 Å². The Morgan fingerprint density at radius 1 is 0.727 bits per heavy atom. The Balaban J connectivity index is 1.29. The van der Waals surface area contributed by atoms with Gasteiger partial charge >= 0.3 is 5.97 Å². The van der Waals surface area contributed by atoms with E-state index in [-0.39, 0.29) is 6.10 Å². The number of fused-ring (bicyclic) bond motifs is 2. The van der Waals surface area contributed by atoms with Crippen molar-refractivity contribution in [2.75, 3.05) is 19.8 Å². The van der Waals surface area contributed by atoms with Gasteiger partial charge in [0.15, 0.2) is 6.10 Å². The fraction of sp³-hybridized carbons (Fsp3) is 0.308. The predicted octanol–water partition coefficient (Wildman–Crippen LogP) is 8.13. The molecule has 0 fully saturated rings. The number of aliphatic carboxylic acids is 1. The quantitative estimate of drug-likeness (QED) is 0.142. The smallest absolute Gasteiger partial charge is 0.333 e. The third-order valence-corrected chi connectivity index (χ3v) is 8.02. The second-order valence-electron chi connectivity index (χ2n) is 11.2. The fourth-order valence-corrected chi connectivity index (χ4v) is 5.75. The number of aryl methyl sites for hydroxylation is 3. The van der Waals surface area contributed by atoms with Gasteiger partial charge in [-0.05, 0) is 82.8 Å². The Bertz CT molecular complexity index is 1540. The summed E-state index contributed by atoms with van der Waals surface area (Å²) >= 11 is 0.